The Morgan fingerprint density at radius 3 is 2.76 bits per heavy atom. The average molecular weight is 238 g/mol. The lowest BCUT2D eigenvalue weighted by molar-refractivity contribution is -0.142. The van der Waals surface area contributed by atoms with Crippen LogP contribution in [0.5, 0.6) is 0 Å². The zero-order chi connectivity index (χ0) is 12.8. The maximum Gasteiger partial charge on any atom is 0.317 e. The van der Waals surface area contributed by atoms with Crippen LogP contribution in [0.15, 0.2) is 0 Å². The summed E-state index contributed by atoms with van der Waals surface area (Å²) in [7, 11) is 0. The zero-order valence-corrected chi connectivity index (χ0v) is 9.98. The Balaban J connectivity index is 2.35. The lowest BCUT2D eigenvalue weighted by Crippen LogP contribution is -2.39. The van der Waals surface area contributed by atoms with Crippen LogP contribution in [0, 0.1) is 24.2 Å². The van der Waals surface area contributed by atoms with E-state index in [1.807, 2.05) is 6.92 Å². The molecule has 5 nitrogen and oxygen atoms in total. The topological polar surface area (TPSA) is 69.6 Å². The van der Waals surface area contributed by atoms with Gasteiger partial charge in [-0.25, -0.2) is 4.79 Å². The van der Waals surface area contributed by atoms with Gasteiger partial charge in [-0.05, 0) is 12.3 Å². The number of carboxylic acids is 1. The fourth-order valence-electron chi connectivity index (χ4n) is 1.95. The molecule has 0 saturated carbocycles. The number of urea groups is 1. The third kappa shape index (κ3) is 3.66. The van der Waals surface area contributed by atoms with Gasteiger partial charge in [0.1, 0.15) is 0 Å². The zero-order valence-electron chi connectivity index (χ0n) is 9.98. The van der Waals surface area contributed by atoms with E-state index >= 15 is 0 Å². The molecule has 2 amide bonds. The van der Waals surface area contributed by atoms with E-state index < -0.39 is 11.9 Å². The first-order valence-electron chi connectivity index (χ1n) is 5.75. The smallest absolute Gasteiger partial charge is 0.317 e. The number of hydrogen-bond donors (Lipinski definition) is 2. The predicted molar refractivity (Wildman–Crippen MR) is 63.3 cm³/mol. The Morgan fingerprint density at radius 1 is 1.53 bits per heavy atom. The second kappa shape index (κ2) is 6.14. The van der Waals surface area contributed by atoms with Crippen LogP contribution in [-0.2, 0) is 4.79 Å². The van der Waals surface area contributed by atoms with Crippen molar-refractivity contribution >= 4 is 12.0 Å². The summed E-state index contributed by atoms with van der Waals surface area (Å²) < 4.78 is 0. The summed E-state index contributed by atoms with van der Waals surface area (Å²) in [6, 6.07) is -0.197. The number of unbranched alkanes of at least 4 members (excludes halogenated alkanes) is 1. The molecule has 0 bridgehead atoms. The van der Waals surface area contributed by atoms with Crippen molar-refractivity contribution in [2.45, 2.75) is 19.8 Å². The van der Waals surface area contributed by atoms with Crippen LogP contribution in [0.25, 0.3) is 0 Å². The van der Waals surface area contributed by atoms with Crippen LogP contribution in [0.1, 0.15) is 19.8 Å². The molecule has 17 heavy (non-hydrogen) atoms. The average Bonchev–Trinajstić information content (AvgIpc) is 2.66. The number of hydrogen-bond acceptors (Lipinski definition) is 2. The monoisotopic (exact) mass is 238 g/mol. The molecule has 94 valence electrons. The van der Waals surface area contributed by atoms with Crippen molar-refractivity contribution in [1.29, 1.82) is 0 Å². The first-order chi connectivity index (χ1) is 8.06. The SMILES string of the molecule is C#CCCCNC(=O)N1CC(C)C(C(=O)O)C1. The Bertz CT molecular complexity index is 335. The number of carboxylic acid groups (broad SMARTS) is 1. The molecule has 0 aliphatic carbocycles. The van der Waals surface area contributed by atoms with Gasteiger partial charge in [-0.15, -0.1) is 12.3 Å². The molecule has 2 unspecified atom stereocenters. The summed E-state index contributed by atoms with van der Waals surface area (Å²) in [6.07, 6.45) is 6.48. The van der Waals surface area contributed by atoms with Crippen molar-refractivity contribution in [3.8, 4) is 12.3 Å². The van der Waals surface area contributed by atoms with E-state index in [-0.39, 0.29) is 18.5 Å². The number of terminal acetylenes is 1. The lowest BCUT2D eigenvalue weighted by Gasteiger charge is -2.16. The van der Waals surface area contributed by atoms with Crippen LogP contribution < -0.4 is 5.32 Å². The number of nitrogens with one attached hydrogen (secondary N) is 1. The fourth-order valence-corrected chi connectivity index (χ4v) is 1.95. The molecular formula is C12H18N2O3. The van der Waals surface area contributed by atoms with E-state index in [9.17, 15) is 9.59 Å². The van der Waals surface area contributed by atoms with Gasteiger partial charge in [0.25, 0.3) is 0 Å². The van der Waals surface area contributed by atoms with Crippen molar-refractivity contribution < 1.29 is 14.7 Å². The molecule has 2 N–H and O–H groups in total. The normalized spacial score (nSPS) is 23.2. The Hall–Kier alpha value is -1.70. The van der Waals surface area contributed by atoms with Gasteiger partial charge in [0.2, 0.25) is 0 Å². The van der Waals surface area contributed by atoms with Gasteiger partial charge in [-0.1, -0.05) is 6.92 Å². The molecule has 1 aliphatic heterocycles. The van der Waals surface area contributed by atoms with Crippen LogP contribution in [0.4, 0.5) is 4.79 Å². The number of carbonyl (C=O) groups is 2. The van der Waals surface area contributed by atoms with Gasteiger partial charge in [-0.3, -0.25) is 4.79 Å². The molecule has 1 heterocycles. The minimum absolute atomic E-state index is 0.00367. The highest BCUT2D eigenvalue weighted by Crippen LogP contribution is 2.22. The standard InChI is InChI=1S/C12H18N2O3/c1-3-4-5-6-13-12(17)14-7-9(2)10(8-14)11(15)16/h1,9-10H,4-8H2,2H3,(H,13,17)(H,15,16). The van der Waals surface area contributed by atoms with E-state index in [0.29, 0.717) is 19.5 Å². The van der Waals surface area contributed by atoms with Crippen LogP contribution in [0.3, 0.4) is 0 Å². The van der Waals surface area contributed by atoms with E-state index in [1.54, 1.807) is 4.90 Å². The second-order valence-electron chi connectivity index (χ2n) is 4.37. The number of amides is 2. The van der Waals surface area contributed by atoms with Gasteiger partial charge in [0, 0.05) is 26.1 Å². The minimum Gasteiger partial charge on any atom is -0.481 e. The Morgan fingerprint density at radius 2 is 2.24 bits per heavy atom. The van der Waals surface area contributed by atoms with Crippen molar-refractivity contribution in [1.82, 2.24) is 10.2 Å². The maximum absolute atomic E-state index is 11.7. The summed E-state index contributed by atoms with van der Waals surface area (Å²) in [4.78, 5) is 24.1. The summed E-state index contributed by atoms with van der Waals surface area (Å²) >= 11 is 0. The number of carbonyl (C=O) groups excluding carboxylic acids is 1. The molecule has 0 radical (unpaired) electrons. The third-order valence-electron chi connectivity index (χ3n) is 2.99. The molecule has 5 heteroatoms. The molecule has 0 aromatic heterocycles. The molecule has 0 aromatic rings. The van der Waals surface area contributed by atoms with Gasteiger partial charge in [0.05, 0.1) is 5.92 Å². The van der Waals surface area contributed by atoms with E-state index in [2.05, 4.69) is 11.2 Å². The predicted octanol–water partition coefficient (Wildman–Crippen LogP) is 0.762. The molecule has 1 aliphatic rings. The largest absolute Gasteiger partial charge is 0.481 e. The first-order valence-corrected chi connectivity index (χ1v) is 5.75. The lowest BCUT2D eigenvalue weighted by atomic mass is 9.99. The van der Waals surface area contributed by atoms with Gasteiger partial charge < -0.3 is 15.3 Å². The molecule has 2 atom stereocenters. The molecular weight excluding hydrogens is 220 g/mol. The van der Waals surface area contributed by atoms with Crippen molar-refractivity contribution in [2.75, 3.05) is 19.6 Å². The van der Waals surface area contributed by atoms with Gasteiger partial charge in [0.15, 0.2) is 0 Å². The van der Waals surface area contributed by atoms with Crippen LogP contribution in [0.2, 0.25) is 0 Å². The third-order valence-corrected chi connectivity index (χ3v) is 2.99. The molecule has 1 fully saturated rings. The number of nitrogens with zero attached hydrogens (tertiary/aromatic N) is 1. The molecule has 1 saturated heterocycles. The highest BCUT2D eigenvalue weighted by atomic mass is 16.4. The molecule has 1 rings (SSSR count). The number of aliphatic carboxylic acids is 1. The fraction of sp³-hybridized carbons (Fsp3) is 0.667. The van der Waals surface area contributed by atoms with Crippen molar-refractivity contribution in [2.24, 2.45) is 11.8 Å². The summed E-state index contributed by atoms with van der Waals surface area (Å²) in [6.45, 7) is 3.17. The quantitative estimate of drug-likeness (QED) is 0.561. The summed E-state index contributed by atoms with van der Waals surface area (Å²) in [5.41, 5.74) is 0. The molecule has 0 spiro atoms. The highest BCUT2D eigenvalue weighted by molar-refractivity contribution is 5.77. The van der Waals surface area contributed by atoms with Gasteiger partial charge >= 0.3 is 12.0 Å². The highest BCUT2D eigenvalue weighted by Gasteiger charge is 2.36. The first kappa shape index (κ1) is 13.4. The Kier molecular flexibility index (Phi) is 4.83. The van der Waals surface area contributed by atoms with Crippen molar-refractivity contribution in [3.05, 3.63) is 0 Å². The summed E-state index contributed by atoms with van der Waals surface area (Å²) in [5.74, 6) is 1.22. The van der Waals surface area contributed by atoms with E-state index in [4.69, 9.17) is 11.5 Å². The van der Waals surface area contributed by atoms with Crippen molar-refractivity contribution in [3.63, 3.8) is 0 Å². The number of likely N-dealkylation sites (tertiary alicyclic amines) is 1. The van der Waals surface area contributed by atoms with E-state index in [0.717, 1.165) is 6.42 Å². The van der Waals surface area contributed by atoms with E-state index in [1.165, 1.54) is 0 Å². The number of rotatable bonds is 4. The van der Waals surface area contributed by atoms with Crippen LogP contribution in [-0.4, -0.2) is 41.6 Å². The molecule has 0 aromatic carbocycles. The Labute approximate surface area is 101 Å². The van der Waals surface area contributed by atoms with Gasteiger partial charge in [-0.2, -0.15) is 0 Å². The summed E-state index contributed by atoms with van der Waals surface area (Å²) in [5, 5.41) is 11.7. The maximum atomic E-state index is 11.7. The van der Waals surface area contributed by atoms with Crippen LogP contribution >= 0.6 is 0 Å². The second-order valence-corrected chi connectivity index (χ2v) is 4.37. The minimum atomic E-state index is -0.833.